The second-order valence-corrected chi connectivity index (χ2v) is 10.0. The molecule has 0 amide bonds. The Kier molecular flexibility index (Phi) is 20.6. The first-order valence-corrected chi connectivity index (χ1v) is 13.0. The van der Waals surface area contributed by atoms with E-state index in [-0.39, 0.29) is 38.4 Å². The minimum atomic E-state index is -0.103. The monoisotopic (exact) mass is 507 g/mol. The molecule has 0 aromatic carbocycles. The Balaban J connectivity index is 0.00000529. The Labute approximate surface area is 173 Å². The van der Waals surface area contributed by atoms with E-state index in [1.807, 2.05) is 0 Å². The van der Waals surface area contributed by atoms with Crippen molar-refractivity contribution in [3.05, 3.63) is 12.3 Å². The van der Waals surface area contributed by atoms with Crippen molar-refractivity contribution < 1.29 is 0 Å². The van der Waals surface area contributed by atoms with Gasteiger partial charge >= 0.3 is 111 Å². The van der Waals surface area contributed by atoms with Crippen molar-refractivity contribution in [1.29, 1.82) is 0 Å². The maximum absolute atomic E-state index is 2.57. The van der Waals surface area contributed by atoms with E-state index in [1.54, 1.807) is 0 Å². The topological polar surface area (TPSA) is 3.24 Å². The molecule has 0 fully saturated rings. The van der Waals surface area contributed by atoms with Crippen molar-refractivity contribution in [1.82, 2.24) is 3.06 Å². The van der Waals surface area contributed by atoms with E-state index in [0.717, 1.165) is 0 Å². The van der Waals surface area contributed by atoms with E-state index in [4.69, 9.17) is 0 Å². The van der Waals surface area contributed by atoms with Crippen LogP contribution in [0.5, 0.6) is 0 Å². The van der Waals surface area contributed by atoms with Gasteiger partial charge in [-0.15, -0.1) is 17.0 Å². The molecule has 0 aromatic rings. The molecule has 0 radical (unpaired) electrons. The quantitative estimate of drug-likeness (QED) is 0.150. The molecule has 0 atom stereocenters. The summed E-state index contributed by atoms with van der Waals surface area (Å²) in [5.74, 6) is 0. The van der Waals surface area contributed by atoms with E-state index < -0.39 is 0 Å². The zero-order chi connectivity index (χ0) is 16.4. The van der Waals surface area contributed by atoms with Gasteiger partial charge in [0.15, 0.2) is 0 Å². The standard InChI is InChI=1S/C21H40N.BrH.Sb/c1-3-5-6-7-8-9-10-11-12-13-14-15-16-17-18-19-21-22-20-4-2;;/h2,4,20H,3,5-19,21H2,1H3;1H;/q-1;;+1. The first kappa shape index (κ1) is 24.7. The van der Waals surface area contributed by atoms with Gasteiger partial charge in [0.05, 0.1) is 0 Å². The van der Waals surface area contributed by atoms with Gasteiger partial charge in [0, 0.05) is 0 Å². The summed E-state index contributed by atoms with van der Waals surface area (Å²) in [5, 5.41) is 0. The molecule has 0 spiro atoms. The molecule has 0 aromatic heterocycles. The third kappa shape index (κ3) is 16.2. The zero-order valence-electron chi connectivity index (χ0n) is 16.1. The number of rotatable bonds is 17. The van der Waals surface area contributed by atoms with Crippen LogP contribution in [0.2, 0.25) is 0 Å². The Bertz CT molecular complexity index is 292. The third-order valence-corrected chi connectivity index (χ3v) is 7.47. The van der Waals surface area contributed by atoms with Crippen LogP contribution in [-0.4, -0.2) is 35.0 Å². The maximum atomic E-state index is 2.57. The van der Waals surface area contributed by atoms with Crippen molar-refractivity contribution in [3.63, 3.8) is 0 Å². The predicted octanol–water partition coefficient (Wildman–Crippen LogP) is 7.08. The summed E-state index contributed by atoms with van der Waals surface area (Å²) in [6.07, 6.45) is 27.9. The van der Waals surface area contributed by atoms with Crippen LogP contribution < -0.4 is 0 Å². The minimum absolute atomic E-state index is 0. The van der Waals surface area contributed by atoms with Gasteiger partial charge in [-0.05, 0) is 0 Å². The van der Waals surface area contributed by atoms with E-state index >= 15 is 0 Å². The number of unbranched alkanes of at least 4 members (excludes halogenated alkanes) is 15. The first-order chi connectivity index (χ1) is 11.4. The average Bonchev–Trinajstić information content (AvgIpc) is 3.08. The van der Waals surface area contributed by atoms with Gasteiger partial charge in [-0.1, -0.05) is 45.4 Å². The van der Waals surface area contributed by atoms with Crippen LogP contribution in [0.4, 0.5) is 0 Å². The summed E-state index contributed by atoms with van der Waals surface area (Å²) in [5.41, 5.74) is 0. The van der Waals surface area contributed by atoms with Crippen molar-refractivity contribution in [2.45, 2.75) is 110 Å². The van der Waals surface area contributed by atoms with Crippen LogP contribution in [-0.2, 0) is 0 Å². The molecule has 1 heterocycles. The molecule has 0 unspecified atom stereocenters. The fraction of sp³-hybridized carbons (Fsp3) is 0.857. The molecule has 3 heteroatoms. The van der Waals surface area contributed by atoms with Crippen LogP contribution in [0.25, 0.3) is 0 Å². The number of allylic oxidation sites excluding steroid dienone is 1. The molecule has 0 bridgehead atoms. The van der Waals surface area contributed by atoms with Gasteiger partial charge < -0.3 is 0 Å². The van der Waals surface area contributed by atoms with Crippen LogP contribution in [0.1, 0.15) is 110 Å². The number of nitrogens with zero attached hydrogens (tertiary/aromatic N) is 1. The van der Waals surface area contributed by atoms with Gasteiger partial charge in [-0.25, -0.2) is 0 Å². The molecule has 1 aliphatic rings. The van der Waals surface area contributed by atoms with Crippen molar-refractivity contribution in [3.8, 4) is 0 Å². The Hall–Kier alpha value is 0.708. The van der Waals surface area contributed by atoms with Crippen molar-refractivity contribution >= 4 is 42.3 Å². The molecular weight excluding hydrogens is 468 g/mol. The van der Waals surface area contributed by atoms with Crippen LogP contribution in [0.15, 0.2) is 12.3 Å². The fourth-order valence-electron chi connectivity index (χ4n) is 3.25. The van der Waals surface area contributed by atoms with Crippen LogP contribution >= 0.6 is 17.0 Å². The first-order valence-electron chi connectivity index (χ1n) is 10.4. The van der Waals surface area contributed by atoms with E-state index in [2.05, 4.69) is 26.2 Å². The summed E-state index contributed by atoms with van der Waals surface area (Å²) in [7, 11) is 0. The van der Waals surface area contributed by atoms with Crippen molar-refractivity contribution in [2.24, 2.45) is 0 Å². The van der Waals surface area contributed by atoms with E-state index in [0.29, 0.717) is 0 Å². The SMILES string of the molecule is Br.CCCCCCCCCCCCCCCCCC[N]1C=C[CH]=[Sb]1. The normalized spacial score (nSPS) is 12.8. The van der Waals surface area contributed by atoms with Crippen molar-refractivity contribution in [2.75, 3.05) is 6.54 Å². The molecule has 0 saturated heterocycles. The van der Waals surface area contributed by atoms with E-state index in [1.165, 1.54) is 109 Å². The predicted molar refractivity (Wildman–Crippen MR) is 118 cm³/mol. The second kappa shape index (κ2) is 20.0. The number of halogens is 1. The molecule has 1 aliphatic heterocycles. The second-order valence-electron chi connectivity index (χ2n) is 7.07. The Morgan fingerprint density at radius 2 is 1.04 bits per heavy atom. The van der Waals surface area contributed by atoms with Gasteiger partial charge in [0.1, 0.15) is 0 Å². The summed E-state index contributed by atoms with van der Waals surface area (Å²) in [6.45, 7) is 3.62. The molecule has 1 rings (SSSR count). The molecule has 0 aliphatic carbocycles. The average molecular weight is 509 g/mol. The van der Waals surface area contributed by atoms with Crippen LogP contribution in [0.3, 0.4) is 0 Å². The van der Waals surface area contributed by atoms with E-state index in [9.17, 15) is 0 Å². The summed E-state index contributed by atoms with van der Waals surface area (Å²) < 4.78 is 4.96. The molecule has 24 heavy (non-hydrogen) atoms. The molecule has 0 saturated carbocycles. The van der Waals surface area contributed by atoms with Crippen LogP contribution in [0, 0.1) is 0 Å². The van der Waals surface area contributed by atoms with Gasteiger partial charge in [0.25, 0.3) is 0 Å². The summed E-state index contributed by atoms with van der Waals surface area (Å²) in [4.78, 5) is 0. The molecule has 0 N–H and O–H groups in total. The summed E-state index contributed by atoms with van der Waals surface area (Å²) in [6, 6.07) is 0. The Morgan fingerprint density at radius 1 is 0.625 bits per heavy atom. The zero-order valence-corrected chi connectivity index (χ0v) is 20.3. The Morgan fingerprint density at radius 3 is 1.42 bits per heavy atom. The third-order valence-electron chi connectivity index (χ3n) is 4.80. The summed E-state index contributed by atoms with van der Waals surface area (Å²) >= 11 is -0.103. The molecular formula is C21H41BrNSb. The van der Waals surface area contributed by atoms with Gasteiger partial charge in [0.2, 0.25) is 0 Å². The number of hydrogen-bond donors (Lipinski definition) is 0. The fourth-order valence-corrected chi connectivity index (χ4v) is 5.36. The van der Waals surface area contributed by atoms with Gasteiger partial charge in [-0.3, -0.25) is 0 Å². The number of hydrogen-bond acceptors (Lipinski definition) is 1. The molecule has 142 valence electrons. The van der Waals surface area contributed by atoms with Gasteiger partial charge in [-0.2, -0.15) is 0 Å². The molecule has 1 nitrogen and oxygen atoms in total.